The molecule has 4 heteroatoms. The Morgan fingerprint density at radius 1 is 1.41 bits per heavy atom. The number of carboxylic acid groups (broad SMARTS) is 1. The van der Waals surface area contributed by atoms with Crippen molar-refractivity contribution in [1.29, 1.82) is 0 Å². The van der Waals surface area contributed by atoms with Crippen LogP contribution in [0.4, 0.5) is 0 Å². The van der Waals surface area contributed by atoms with Gasteiger partial charge in [0.15, 0.2) is 0 Å². The van der Waals surface area contributed by atoms with Crippen LogP contribution < -0.4 is 0 Å². The third-order valence-corrected chi connectivity index (χ3v) is 2.62. The number of aliphatic carboxylic acids is 1. The molecule has 0 spiro atoms. The van der Waals surface area contributed by atoms with Crippen molar-refractivity contribution in [1.82, 2.24) is 9.97 Å². The zero-order chi connectivity index (χ0) is 12.3. The molecule has 4 nitrogen and oxygen atoms in total. The molecule has 0 saturated heterocycles. The number of aromatic nitrogens is 2. The number of imidazole rings is 1. The third-order valence-electron chi connectivity index (χ3n) is 2.62. The van der Waals surface area contributed by atoms with E-state index < -0.39 is 5.97 Å². The summed E-state index contributed by atoms with van der Waals surface area (Å²) >= 11 is 0. The van der Waals surface area contributed by atoms with Crippen LogP contribution in [0.2, 0.25) is 0 Å². The van der Waals surface area contributed by atoms with Crippen molar-refractivity contribution in [2.75, 3.05) is 0 Å². The molecule has 2 rings (SSSR count). The lowest BCUT2D eigenvalue weighted by Gasteiger charge is -2.06. The Morgan fingerprint density at radius 3 is 2.82 bits per heavy atom. The molecule has 0 atom stereocenters. The van der Waals surface area contributed by atoms with Gasteiger partial charge >= 0.3 is 5.97 Å². The molecule has 2 aromatic rings. The molecule has 0 aliphatic carbocycles. The van der Waals surface area contributed by atoms with Crippen molar-refractivity contribution in [2.45, 2.75) is 19.8 Å². The maximum atomic E-state index is 10.6. The van der Waals surface area contributed by atoms with Crippen molar-refractivity contribution in [3.8, 4) is 11.3 Å². The molecular weight excluding hydrogens is 216 g/mol. The number of aromatic amines is 1. The monoisotopic (exact) mass is 230 g/mol. The molecule has 2 N–H and O–H groups in total. The van der Waals surface area contributed by atoms with Crippen LogP contribution in [-0.4, -0.2) is 21.0 Å². The molecule has 0 amide bonds. The van der Waals surface area contributed by atoms with Gasteiger partial charge in [0, 0.05) is 12.0 Å². The van der Waals surface area contributed by atoms with Crippen LogP contribution in [-0.2, 0) is 11.2 Å². The minimum Gasteiger partial charge on any atom is -0.481 e. The lowest BCUT2D eigenvalue weighted by Crippen LogP contribution is -1.99. The topological polar surface area (TPSA) is 66.0 Å². The minimum atomic E-state index is -0.777. The number of H-pyrrole nitrogens is 1. The van der Waals surface area contributed by atoms with Crippen molar-refractivity contribution in [2.24, 2.45) is 0 Å². The first-order valence-corrected chi connectivity index (χ1v) is 5.48. The van der Waals surface area contributed by atoms with Crippen molar-refractivity contribution < 1.29 is 9.90 Å². The van der Waals surface area contributed by atoms with Crippen LogP contribution in [0.5, 0.6) is 0 Å². The summed E-state index contributed by atoms with van der Waals surface area (Å²) in [5, 5.41) is 8.72. The van der Waals surface area contributed by atoms with Crippen molar-refractivity contribution in [3.63, 3.8) is 0 Å². The number of nitrogens with zero attached hydrogens (tertiary/aromatic N) is 1. The molecule has 0 fully saturated rings. The second-order valence-corrected chi connectivity index (χ2v) is 3.93. The molecule has 0 unspecified atom stereocenters. The van der Waals surface area contributed by atoms with E-state index in [9.17, 15) is 4.79 Å². The Bertz CT molecular complexity index is 532. The standard InChI is InChI=1S/C13H14N2O2/c1-9-14-8-12(15-9)11-5-3-2-4-10(11)6-7-13(16)17/h2-5,8H,6-7H2,1H3,(H,14,15)(H,16,17). The fourth-order valence-corrected chi connectivity index (χ4v) is 1.80. The van der Waals surface area contributed by atoms with Gasteiger partial charge < -0.3 is 10.1 Å². The number of carboxylic acids is 1. The van der Waals surface area contributed by atoms with Gasteiger partial charge in [0.25, 0.3) is 0 Å². The van der Waals surface area contributed by atoms with Gasteiger partial charge in [0.2, 0.25) is 0 Å². The molecular formula is C13H14N2O2. The number of hydrogen-bond acceptors (Lipinski definition) is 2. The number of aryl methyl sites for hydroxylation is 2. The summed E-state index contributed by atoms with van der Waals surface area (Å²) < 4.78 is 0. The largest absolute Gasteiger partial charge is 0.481 e. The van der Waals surface area contributed by atoms with E-state index in [0.717, 1.165) is 22.6 Å². The van der Waals surface area contributed by atoms with Crippen LogP contribution >= 0.6 is 0 Å². The predicted octanol–water partition coefficient (Wildman–Crippen LogP) is 2.40. The van der Waals surface area contributed by atoms with Crippen molar-refractivity contribution in [3.05, 3.63) is 41.9 Å². The van der Waals surface area contributed by atoms with E-state index >= 15 is 0 Å². The van der Waals surface area contributed by atoms with E-state index in [1.165, 1.54) is 0 Å². The summed E-state index contributed by atoms with van der Waals surface area (Å²) in [6, 6.07) is 7.79. The van der Waals surface area contributed by atoms with E-state index in [0.29, 0.717) is 6.42 Å². The predicted molar refractivity (Wildman–Crippen MR) is 64.7 cm³/mol. The summed E-state index contributed by atoms with van der Waals surface area (Å²) in [6.07, 6.45) is 2.45. The van der Waals surface area contributed by atoms with Gasteiger partial charge in [-0.2, -0.15) is 0 Å². The summed E-state index contributed by atoms with van der Waals surface area (Å²) in [6.45, 7) is 1.89. The SMILES string of the molecule is Cc1ncc(-c2ccccc2CCC(=O)O)[nH]1. The van der Waals surface area contributed by atoms with Gasteiger partial charge in [-0.05, 0) is 18.9 Å². The van der Waals surface area contributed by atoms with E-state index in [-0.39, 0.29) is 6.42 Å². The van der Waals surface area contributed by atoms with Crippen LogP contribution in [0.15, 0.2) is 30.5 Å². The van der Waals surface area contributed by atoms with E-state index in [1.807, 2.05) is 31.2 Å². The quantitative estimate of drug-likeness (QED) is 0.847. The van der Waals surface area contributed by atoms with Gasteiger partial charge in [-0.25, -0.2) is 4.98 Å². The van der Waals surface area contributed by atoms with Gasteiger partial charge in [-0.1, -0.05) is 24.3 Å². The fraction of sp³-hybridized carbons (Fsp3) is 0.231. The van der Waals surface area contributed by atoms with Crippen LogP contribution in [0, 0.1) is 6.92 Å². The molecule has 0 aliphatic heterocycles. The second-order valence-electron chi connectivity index (χ2n) is 3.93. The Balaban J connectivity index is 2.30. The average Bonchev–Trinajstić information content (AvgIpc) is 2.73. The molecule has 0 aliphatic rings. The number of benzene rings is 1. The highest BCUT2D eigenvalue weighted by atomic mass is 16.4. The molecule has 1 aromatic carbocycles. The minimum absolute atomic E-state index is 0.143. The molecule has 17 heavy (non-hydrogen) atoms. The van der Waals surface area contributed by atoms with E-state index in [2.05, 4.69) is 9.97 Å². The summed E-state index contributed by atoms with van der Waals surface area (Å²) in [7, 11) is 0. The van der Waals surface area contributed by atoms with Crippen LogP contribution in [0.1, 0.15) is 17.8 Å². The molecule has 1 aromatic heterocycles. The zero-order valence-electron chi connectivity index (χ0n) is 9.60. The van der Waals surface area contributed by atoms with Crippen LogP contribution in [0.25, 0.3) is 11.3 Å². The smallest absolute Gasteiger partial charge is 0.303 e. The lowest BCUT2D eigenvalue weighted by molar-refractivity contribution is -0.136. The second kappa shape index (κ2) is 4.82. The number of hydrogen-bond donors (Lipinski definition) is 2. The van der Waals surface area contributed by atoms with Gasteiger partial charge in [-0.15, -0.1) is 0 Å². The lowest BCUT2D eigenvalue weighted by atomic mass is 10.0. The van der Waals surface area contributed by atoms with Crippen molar-refractivity contribution >= 4 is 5.97 Å². The van der Waals surface area contributed by atoms with Gasteiger partial charge in [-0.3, -0.25) is 4.79 Å². The normalized spacial score (nSPS) is 10.4. The maximum Gasteiger partial charge on any atom is 0.303 e. The van der Waals surface area contributed by atoms with Gasteiger partial charge in [0.05, 0.1) is 11.9 Å². The molecule has 1 heterocycles. The molecule has 88 valence electrons. The Morgan fingerprint density at radius 2 is 2.18 bits per heavy atom. The first-order chi connectivity index (χ1) is 8.16. The number of nitrogens with one attached hydrogen (secondary N) is 1. The number of rotatable bonds is 4. The third kappa shape index (κ3) is 2.72. The highest BCUT2D eigenvalue weighted by molar-refractivity contribution is 5.69. The summed E-state index contributed by atoms with van der Waals surface area (Å²) in [4.78, 5) is 17.9. The highest BCUT2D eigenvalue weighted by Crippen LogP contribution is 2.22. The Labute approximate surface area is 99.3 Å². The molecule has 0 bridgehead atoms. The maximum absolute atomic E-state index is 10.6. The molecule has 0 radical (unpaired) electrons. The Kier molecular flexibility index (Phi) is 3.23. The average molecular weight is 230 g/mol. The first-order valence-electron chi connectivity index (χ1n) is 5.48. The zero-order valence-corrected chi connectivity index (χ0v) is 9.60. The summed E-state index contributed by atoms with van der Waals surface area (Å²) in [5.41, 5.74) is 2.98. The van der Waals surface area contributed by atoms with Crippen LogP contribution in [0.3, 0.4) is 0 Å². The Hall–Kier alpha value is -2.10. The van der Waals surface area contributed by atoms with Gasteiger partial charge in [0.1, 0.15) is 5.82 Å². The highest BCUT2D eigenvalue weighted by Gasteiger charge is 2.08. The van der Waals surface area contributed by atoms with E-state index in [1.54, 1.807) is 6.20 Å². The summed E-state index contributed by atoms with van der Waals surface area (Å²) in [5.74, 6) is 0.0774. The fourth-order valence-electron chi connectivity index (χ4n) is 1.80. The first kappa shape index (κ1) is 11.4. The number of carbonyl (C=O) groups is 1. The molecule has 0 saturated carbocycles. The van der Waals surface area contributed by atoms with E-state index in [4.69, 9.17) is 5.11 Å².